The summed E-state index contributed by atoms with van der Waals surface area (Å²) in [6.45, 7) is 4.78. The average Bonchev–Trinajstić information content (AvgIpc) is 2.82. The number of oxime groups is 2. The molecule has 0 heterocycles. The Morgan fingerprint density at radius 2 is 1.06 bits per heavy atom. The van der Waals surface area contributed by atoms with Gasteiger partial charge >= 0.3 is 0 Å². The second-order valence-corrected chi connectivity index (χ2v) is 7.59. The van der Waals surface area contributed by atoms with Gasteiger partial charge in [-0.25, -0.2) is 0 Å². The molecule has 2 aromatic rings. The van der Waals surface area contributed by atoms with Crippen molar-refractivity contribution >= 4 is 11.4 Å². The number of phenols is 2. The molecule has 0 bridgehead atoms. The molecule has 0 fully saturated rings. The highest BCUT2D eigenvalue weighted by Gasteiger charge is 2.13. The molecule has 0 atom stereocenters. The maximum absolute atomic E-state index is 10.1. The molecule has 2 aromatic carbocycles. The number of unbranched alkanes of at least 4 members (excludes halogenated alkanes) is 4. The second kappa shape index (κ2) is 13.9. The van der Waals surface area contributed by atoms with Crippen LogP contribution in [0, 0.1) is 0 Å². The first-order valence-electron chi connectivity index (χ1n) is 11.4. The van der Waals surface area contributed by atoms with Crippen molar-refractivity contribution in [3.05, 3.63) is 47.5 Å². The van der Waals surface area contributed by atoms with Crippen LogP contribution in [0.15, 0.2) is 46.7 Å². The first kappa shape index (κ1) is 25.8. The monoisotopic (exact) mass is 458 g/mol. The van der Waals surface area contributed by atoms with E-state index in [1.807, 2.05) is 13.8 Å². The van der Waals surface area contributed by atoms with Crippen molar-refractivity contribution in [2.24, 2.45) is 10.3 Å². The number of benzene rings is 2. The van der Waals surface area contributed by atoms with Gasteiger partial charge in [-0.15, -0.1) is 0 Å². The third-order valence-electron chi connectivity index (χ3n) is 5.25. The lowest BCUT2D eigenvalue weighted by molar-refractivity contribution is 0.317. The highest BCUT2D eigenvalue weighted by atomic mass is 16.5. The van der Waals surface area contributed by atoms with E-state index in [-0.39, 0.29) is 11.5 Å². The fourth-order valence-corrected chi connectivity index (χ4v) is 3.60. The Balaban J connectivity index is 1.78. The van der Waals surface area contributed by atoms with Crippen molar-refractivity contribution in [1.82, 2.24) is 0 Å². The number of phenolic OH excluding ortho intramolecular Hbond substituents is 2. The topological polar surface area (TPSA) is 124 Å². The van der Waals surface area contributed by atoms with E-state index in [4.69, 9.17) is 9.47 Å². The zero-order valence-corrected chi connectivity index (χ0v) is 19.3. The first-order chi connectivity index (χ1) is 16.0. The van der Waals surface area contributed by atoms with Crippen LogP contribution in [0.4, 0.5) is 0 Å². The van der Waals surface area contributed by atoms with E-state index in [9.17, 15) is 20.6 Å². The minimum Gasteiger partial charge on any atom is -0.507 e. The summed E-state index contributed by atoms with van der Waals surface area (Å²) >= 11 is 0. The summed E-state index contributed by atoms with van der Waals surface area (Å²) in [6.07, 6.45) is 5.45. The number of hydrogen-bond donors (Lipinski definition) is 4. The summed E-state index contributed by atoms with van der Waals surface area (Å²) in [5.41, 5.74) is 1.80. The van der Waals surface area contributed by atoms with Gasteiger partial charge in [0, 0.05) is 11.1 Å². The van der Waals surface area contributed by atoms with Gasteiger partial charge in [-0.3, -0.25) is 0 Å². The van der Waals surface area contributed by atoms with Gasteiger partial charge in [0.1, 0.15) is 23.0 Å². The summed E-state index contributed by atoms with van der Waals surface area (Å²) in [5.74, 6) is 1.34. The molecule has 0 aliphatic rings. The van der Waals surface area contributed by atoms with E-state index in [0.717, 1.165) is 32.1 Å². The first-order valence-corrected chi connectivity index (χ1v) is 11.4. The molecule has 0 radical (unpaired) electrons. The van der Waals surface area contributed by atoms with Crippen molar-refractivity contribution in [2.75, 3.05) is 13.2 Å². The van der Waals surface area contributed by atoms with Crippen LogP contribution in [-0.4, -0.2) is 45.3 Å². The van der Waals surface area contributed by atoms with Crippen LogP contribution in [0.5, 0.6) is 23.0 Å². The second-order valence-electron chi connectivity index (χ2n) is 7.59. The smallest absolute Gasteiger partial charge is 0.125 e. The van der Waals surface area contributed by atoms with Crippen LogP contribution in [0.2, 0.25) is 0 Å². The minimum atomic E-state index is 0.0544. The average molecular weight is 459 g/mol. The number of aromatic hydroxyl groups is 2. The summed E-state index contributed by atoms with van der Waals surface area (Å²) < 4.78 is 10.9. The molecule has 0 saturated heterocycles. The lowest BCUT2D eigenvalue weighted by Gasteiger charge is -2.11. The zero-order valence-electron chi connectivity index (χ0n) is 19.3. The molecule has 0 saturated carbocycles. The SMILES string of the molecule is CCOc1ccc(O)c(/C(CCCCCCC/C(=N/O)c2cc(OCC)ccc2O)=N\O)c1. The van der Waals surface area contributed by atoms with Crippen LogP contribution < -0.4 is 9.47 Å². The molecule has 0 aromatic heterocycles. The molecule has 0 amide bonds. The van der Waals surface area contributed by atoms with Crippen molar-refractivity contribution in [2.45, 2.75) is 58.8 Å². The molecule has 8 heteroatoms. The maximum atomic E-state index is 10.1. The summed E-state index contributed by atoms with van der Waals surface area (Å²) in [4.78, 5) is 0. The van der Waals surface area contributed by atoms with Crippen molar-refractivity contribution in [1.29, 1.82) is 0 Å². The number of rotatable bonds is 14. The predicted octanol–water partition coefficient (Wildman–Crippen LogP) is 5.68. The Kier molecular flexibility index (Phi) is 10.9. The Labute approximate surface area is 194 Å². The van der Waals surface area contributed by atoms with Crippen LogP contribution >= 0.6 is 0 Å². The number of hydrogen-bond acceptors (Lipinski definition) is 8. The van der Waals surface area contributed by atoms with Crippen LogP contribution in [0.1, 0.15) is 69.9 Å². The third-order valence-corrected chi connectivity index (χ3v) is 5.25. The van der Waals surface area contributed by atoms with Gasteiger partial charge in [0.15, 0.2) is 0 Å². The third kappa shape index (κ3) is 7.89. The normalized spacial score (nSPS) is 12.1. The van der Waals surface area contributed by atoms with Gasteiger partial charge in [0.2, 0.25) is 0 Å². The molecule has 33 heavy (non-hydrogen) atoms. The van der Waals surface area contributed by atoms with Gasteiger partial charge in [-0.1, -0.05) is 29.6 Å². The van der Waals surface area contributed by atoms with E-state index in [1.165, 1.54) is 12.1 Å². The Morgan fingerprint density at radius 3 is 1.42 bits per heavy atom. The molecule has 180 valence electrons. The molecule has 0 unspecified atom stereocenters. The molecule has 8 nitrogen and oxygen atoms in total. The van der Waals surface area contributed by atoms with E-state index in [0.29, 0.717) is 60.1 Å². The van der Waals surface area contributed by atoms with E-state index in [2.05, 4.69) is 10.3 Å². The fourth-order valence-electron chi connectivity index (χ4n) is 3.60. The lowest BCUT2D eigenvalue weighted by atomic mass is 10.00. The number of ether oxygens (including phenoxy) is 2. The minimum absolute atomic E-state index is 0.0544. The zero-order chi connectivity index (χ0) is 24.1. The fraction of sp³-hybridized carbons (Fsp3) is 0.440. The van der Waals surface area contributed by atoms with E-state index < -0.39 is 0 Å². The van der Waals surface area contributed by atoms with Crippen LogP contribution in [-0.2, 0) is 0 Å². The van der Waals surface area contributed by atoms with Crippen molar-refractivity contribution in [3.63, 3.8) is 0 Å². The summed E-state index contributed by atoms with van der Waals surface area (Å²) in [6, 6.07) is 9.78. The lowest BCUT2D eigenvalue weighted by Crippen LogP contribution is -2.04. The molecular weight excluding hydrogens is 424 g/mol. The largest absolute Gasteiger partial charge is 0.507 e. The van der Waals surface area contributed by atoms with Crippen LogP contribution in [0.25, 0.3) is 0 Å². The molecule has 0 aliphatic carbocycles. The van der Waals surface area contributed by atoms with Gasteiger partial charge in [-0.2, -0.15) is 0 Å². The molecule has 0 aliphatic heterocycles. The summed E-state index contributed by atoms with van der Waals surface area (Å²) in [7, 11) is 0. The summed E-state index contributed by atoms with van der Waals surface area (Å²) in [5, 5.41) is 45.8. The number of nitrogens with zero attached hydrogens (tertiary/aromatic N) is 2. The van der Waals surface area contributed by atoms with Crippen molar-refractivity contribution in [3.8, 4) is 23.0 Å². The highest BCUT2D eigenvalue weighted by molar-refractivity contribution is 6.03. The van der Waals surface area contributed by atoms with E-state index in [1.54, 1.807) is 24.3 Å². The Hall–Kier alpha value is -3.42. The quantitative estimate of drug-likeness (QED) is 0.125. The van der Waals surface area contributed by atoms with Crippen LogP contribution in [0.3, 0.4) is 0 Å². The maximum Gasteiger partial charge on any atom is 0.125 e. The molecule has 4 N–H and O–H groups in total. The highest BCUT2D eigenvalue weighted by Crippen LogP contribution is 2.27. The Morgan fingerprint density at radius 1 is 0.667 bits per heavy atom. The van der Waals surface area contributed by atoms with Gasteiger partial charge in [0.05, 0.1) is 24.6 Å². The molecule has 2 rings (SSSR count). The van der Waals surface area contributed by atoms with Gasteiger partial charge < -0.3 is 30.1 Å². The molecule has 0 spiro atoms. The van der Waals surface area contributed by atoms with Crippen molar-refractivity contribution < 1.29 is 30.1 Å². The van der Waals surface area contributed by atoms with Gasteiger partial charge in [0.25, 0.3) is 0 Å². The standard InChI is InChI=1S/C25H34N2O6/c1-3-32-18-12-14-24(28)20(16-18)22(26-30)10-8-6-5-7-9-11-23(27-31)21-17-19(33-4-2)13-15-25(21)29/h12-17,28-31H,3-11H2,1-2H3/b26-22-,27-23-. The van der Waals surface area contributed by atoms with Gasteiger partial charge in [-0.05, 0) is 75.9 Å². The molecular formula is C25H34N2O6. The predicted molar refractivity (Wildman–Crippen MR) is 128 cm³/mol. The van der Waals surface area contributed by atoms with E-state index >= 15 is 0 Å². The Bertz CT molecular complexity index is 867.